The van der Waals surface area contributed by atoms with Crippen LogP contribution in [0.5, 0.6) is 0 Å². The lowest BCUT2D eigenvalue weighted by molar-refractivity contribution is 1.20. The largest absolute Gasteiger partial charge is 0.338 e. The Bertz CT molecular complexity index is 834. The van der Waals surface area contributed by atoms with Crippen molar-refractivity contribution in [2.45, 2.75) is 27.7 Å². The molecule has 6 heteroatoms. The van der Waals surface area contributed by atoms with Gasteiger partial charge in [-0.2, -0.15) is 0 Å². The van der Waals surface area contributed by atoms with Gasteiger partial charge in [0.25, 0.3) is 0 Å². The van der Waals surface area contributed by atoms with E-state index in [-0.39, 0.29) is 0 Å². The Labute approximate surface area is 158 Å². The second-order valence-corrected chi connectivity index (χ2v) is 6.27. The molecule has 0 fully saturated rings. The number of pyridine rings is 1. The highest BCUT2D eigenvalue weighted by molar-refractivity contribution is 6.33. The lowest BCUT2D eigenvalue weighted by atomic mass is 10.2. The van der Waals surface area contributed by atoms with Crippen LogP contribution in [0.4, 0.5) is 11.4 Å². The molecule has 1 aromatic heterocycles. The molecule has 25 heavy (non-hydrogen) atoms. The number of para-hydroxylation sites is 1. The molecule has 130 valence electrons. The monoisotopic (exact) mass is 374 g/mol. The molecule has 0 spiro atoms. The lowest BCUT2D eigenvalue weighted by Crippen LogP contribution is -2.14. The number of nitrogens with zero attached hydrogens (tertiary/aromatic N) is 3. The Kier molecular flexibility index (Phi) is 6.73. The first-order valence-corrected chi connectivity index (χ1v) is 8.57. The molecular weight excluding hydrogens is 355 g/mol. The van der Waals surface area contributed by atoms with Gasteiger partial charge in [-0.3, -0.25) is 4.99 Å². The van der Waals surface area contributed by atoms with E-state index >= 15 is 0 Å². The van der Waals surface area contributed by atoms with Crippen molar-refractivity contribution in [2.75, 3.05) is 5.32 Å². The van der Waals surface area contributed by atoms with Gasteiger partial charge in [-0.15, -0.1) is 0 Å². The number of hydrogen-bond donors (Lipinski definition) is 1. The van der Waals surface area contributed by atoms with Crippen molar-refractivity contribution in [3.05, 3.63) is 63.5 Å². The van der Waals surface area contributed by atoms with Crippen LogP contribution >= 0.6 is 23.2 Å². The Morgan fingerprint density at radius 2 is 1.92 bits per heavy atom. The third-order valence-corrected chi connectivity index (χ3v) is 4.02. The molecular formula is C19H20Cl2N4. The van der Waals surface area contributed by atoms with Gasteiger partial charge in [-0.25, -0.2) is 9.98 Å². The van der Waals surface area contributed by atoms with Gasteiger partial charge >= 0.3 is 0 Å². The van der Waals surface area contributed by atoms with Gasteiger partial charge in [0.1, 0.15) is 11.0 Å². The topological polar surface area (TPSA) is 49.6 Å². The van der Waals surface area contributed by atoms with Crippen molar-refractivity contribution in [3.8, 4) is 0 Å². The molecule has 0 radical (unpaired) electrons. The fraction of sp³-hybridized carbons (Fsp3) is 0.211. The fourth-order valence-electron chi connectivity index (χ4n) is 2.13. The van der Waals surface area contributed by atoms with Crippen molar-refractivity contribution >= 4 is 46.6 Å². The normalized spacial score (nSPS) is 12.7. The fourth-order valence-corrected chi connectivity index (χ4v) is 2.58. The van der Waals surface area contributed by atoms with Gasteiger partial charge in [0, 0.05) is 18.0 Å². The van der Waals surface area contributed by atoms with E-state index in [2.05, 4.69) is 15.3 Å². The van der Waals surface area contributed by atoms with E-state index in [1.54, 1.807) is 18.5 Å². The molecule has 1 heterocycles. The second kappa shape index (κ2) is 8.79. The van der Waals surface area contributed by atoms with Crippen LogP contribution < -0.4 is 5.32 Å². The van der Waals surface area contributed by atoms with Gasteiger partial charge in [-0.05, 0) is 51.5 Å². The number of amidine groups is 1. The van der Waals surface area contributed by atoms with Crippen LogP contribution in [0.3, 0.4) is 0 Å². The molecule has 0 saturated heterocycles. The van der Waals surface area contributed by atoms with Crippen LogP contribution in [-0.2, 0) is 0 Å². The predicted octanol–water partition coefficient (Wildman–Crippen LogP) is 6.14. The molecule has 0 aliphatic carbocycles. The number of aliphatic imine (C=N–C) groups is 2. The quantitative estimate of drug-likeness (QED) is 0.396. The summed E-state index contributed by atoms with van der Waals surface area (Å²) in [6.07, 6.45) is 3.47. The standard InChI is InChI=1S/C19H20Cl2N4/c1-5-22-11-13(3)19(24-16-9-10-17(21)23-14(16)4)25-18-12(2)7-6-8-15(18)20/h5-11H,1-4H3,(H,24,25)/b13-11+,22-5?. The molecule has 0 aliphatic heterocycles. The highest BCUT2D eigenvalue weighted by Gasteiger charge is 2.10. The third-order valence-electron chi connectivity index (χ3n) is 3.51. The van der Waals surface area contributed by atoms with Crippen LogP contribution in [0.15, 0.2) is 52.1 Å². The minimum atomic E-state index is 0.450. The Balaban J connectivity index is 2.52. The second-order valence-electron chi connectivity index (χ2n) is 5.48. The molecule has 0 amide bonds. The first-order valence-electron chi connectivity index (χ1n) is 7.81. The molecule has 0 unspecified atom stereocenters. The molecule has 4 nitrogen and oxygen atoms in total. The van der Waals surface area contributed by atoms with Gasteiger partial charge in [0.15, 0.2) is 0 Å². The molecule has 0 aliphatic rings. The summed E-state index contributed by atoms with van der Waals surface area (Å²) >= 11 is 12.3. The summed E-state index contributed by atoms with van der Waals surface area (Å²) in [5, 5.41) is 4.36. The molecule has 2 aromatic rings. The van der Waals surface area contributed by atoms with Crippen molar-refractivity contribution in [2.24, 2.45) is 9.98 Å². The Morgan fingerprint density at radius 1 is 1.16 bits per heavy atom. The minimum absolute atomic E-state index is 0.450. The Hall–Kier alpha value is -2.17. The van der Waals surface area contributed by atoms with E-state index in [0.29, 0.717) is 16.0 Å². The van der Waals surface area contributed by atoms with E-state index < -0.39 is 0 Å². The van der Waals surface area contributed by atoms with Crippen LogP contribution in [0.1, 0.15) is 25.1 Å². The van der Waals surface area contributed by atoms with E-state index in [4.69, 9.17) is 28.2 Å². The maximum atomic E-state index is 6.32. The van der Waals surface area contributed by atoms with E-state index in [9.17, 15) is 0 Å². The predicted molar refractivity (Wildman–Crippen MR) is 109 cm³/mol. The summed E-state index contributed by atoms with van der Waals surface area (Å²) in [6, 6.07) is 9.31. The SMILES string of the molecule is CC=N/C=C(\C)C(=Nc1c(C)cccc1Cl)Nc1ccc(Cl)nc1C. The van der Waals surface area contributed by atoms with Crippen LogP contribution in [0.25, 0.3) is 0 Å². The summed E-state index contributed by atoms with van der Waals surface area (Å²) in [4.78, 5) is 13.2. The number of hydrogen-bond acceptors (Lipinski definition) is 3. The zero-order valence-corrected chi connectivity index (χ0v) is 16.2. The number of rotatable bonds is 4. The first kappa shape index (κ1) is 19.2. The van der Waals surface area contributed by atoms with Gasteiger partial charge in [0.2, 0.25) is 0 Å². The number of aromatic nitrogens is 1. The molecule has 1 N–H and O–H groups in total. The molecule has 0 atom stereocenters. The highest BCUT2D eigenvalue weighted by atomic mass is 35.5. The number of halogens is 2. The summed E-state index contributed by atoms with van der Waals surface area (Å²) in [5.41, 5.74) is 4.18. The van der Waals surface area contributed by atoms with Crippen molar-refractivity contribution in [1.82, 2.24) is 4.98 Å². The van der Waals surface area contributed by atoms with E-state index in [1.165, 1.54) is 0 Å². The first-order chi connectivity index (χ1) is 11.9. The van der Waals surface area contributed by atoms with Crippen LogP contribution in [0, 0.1) is 13.8 Å². The molecule has 0 bridgehead atoms. The van der Waals surface area contributed by atoms with E-state index in [1.807, 2.05) is 52.0 Å². The average molecular weight is 375 g/mol. The van der Waals surface area contributed by atoms with Crippen molar-refractivity contribution in [1.29, 1.82) is 0 Å². The molecule has 1 aromatic carbocycles. The summed E-state index contributed by atoms with van der Waals surface area (Å²) < 4.78 is 0. The van der Waals surface area contributed by atoms with Crippen LogP contribution in [-0.4, -0.2) is 17.0 Å². The average Bonchev–Trinajstić information content (AvgIpc) is 2.57. The van der Waals surface area contributed by atoms with E-state index in [0.717, 1.165) is 28.2 Å². The van der Waals surface area contributed by atoms with Gasteiger partial charge in [0.05, 0.1) is 22.1 Å². The van der Waals surface area contributed by atoms with Gasteiger partial charge in [-0.1, -0.05) is 35.3 Å². The zero-order valence-electron chi connectivity index (χ0n) is 14.6. The summed E-state index contributed by atoms with van der Waals surface area (Å²) in [6.45, 7) is 7.65. The number of benzene rings is 1. The maximum absolute atomic E-state index is 6.32. The summed E-state index contributed by atoms with van der Waals surface area (Å²) in [5.74, 6) is 0.647. The minimum Gasteiger partial charge on any atom is -0.338 e. The Morgan fingerprint density at radius 3 is 2.56 bits per heavy atom. The maximum Gasteiger partial charge on any atom is 0.135 e. The highest BCUT2D eigenvalue weighted by Crippen LogP contribution is 2.29. The molecule has 2 rings (SSSR count). The molecule has 0 saturated carbocycles. The number of anilines is 1. The van der Waals surface area contributed by atoms with Crippen molar-refractivity contribution in [3.63, 3.8) is 0 Å². The lowest BCUT2D eigenvalue weighted by Gasteiger charge is -2.13. The third kappa shape index (κ3) is 5.15. The van der Waals surface area contributed by atoms with Gasteiger partial charge < -0.3 is 5.32 Å². The van der Waals surface area contributed by atoms with Crippen molar-refractivity contribution < 1.29 is 0 Å². The number of nitrogens with one attached hydrogen (secondary N) is 1. The summed E-state index contributed by atoms with van der Waals surface area (Å²) in [7, 11) is 0. The smallest absolute Gasteiger partial charge is 0.135 e. The number of aryl methyl sites for hydroxylation is 2. The zero-order chi connectivity index (χ0) is 18.4. The van der Waals surface area contributed by atoms with Crippen LogP contribution in [0.2, 0.25) is 10.2 Å².